The van der Waals surface area contributed by atoms with Crippen LogP contribution in [0.5, 0.6) is 5.75 Å². The van der Waals surface area contributed by atoms with Crippen molar-refractivity contribution in [3.63, 3.8) is 0 Å². The fraction of sp³-hybridized carbons (Fsp3) is 0.0455. The van der Waals surface area contributed by atoms with E-state index in [0.29, 0.717) is 11.3 Å². The summed E-state index contributed by atoms with van der Waals surface area (Å²) in [6, 6.07) is 11.1. The summed E-state index contributed by atoms with van der Waals surface area (Å²) in [7, 11) is 0. The second-order valence-corrected chi connectivity index (χ2v) is 6.71. The molecule has 33 heavy (non-hydrogen) atoms. The highest BCUT2D eigenvalue weighted by Crippen LogP contribution is 2.33. The van der Waals surface area contributed by atoms with Gasteiger partial charge in [0.25, 0.3) is 5.91 Å². The molecular weight excluding hydrogens is 428 g/mol. The molecule has 11 heteroatoms. The van der Waals surface area contributed by atoms with Crippen molar-refractivity contribution >= 4 is 34.9 Å². The number of phenols is 1. The first kappa shape index (κ1) is 22.6. The van der Waals surface area contributed by atoms with Crippen molar-refractivity contribution in [2.45, 2.75) is 6.92 Å². The lowest BCUT2D eigenvalue weighted by Gasteiger charge is -2.15. The zero-order chi connectivity index (χ0) is 24.1. The highest BCUT2D eigenvalue weighted by Gasteiger charge is 2.22. The van der Waals surface area contributed by atoms with E-state index in [4.69, 9.17) is 10.7 Å². The molecule has 5 N–H and O–H groups in total. The van der Waals surface area contributed by atoms with Crippen LogP contribution in [0.3, 0.4) is 0 Å². The van der Waals surface area contributed by atoms with Crippen molar-refractivity contribution in [2.24, 2.45) is 0 Å². The molecule has 1 heterocycles. The van der Waals surface area contributed by atoms with Crippen LogP contribution in [0.2, 0.25) is 0 Å². The van der Waals surface area contributed by atoms with Gasteiger partial charge in [-0.1, -0.05) is 0 Å². The fourth-order valence-electron chi connectivity index (χ4n) is 2.95. The van der Waals surface area contributed by atoms with Gasteiger partial charge in [-0.05, 0) is 42.5 Å². The van der Waals surface area contributed by atoms with Gasteiger partial charge in [0.2, 0.25) is 5.91 Å². The highest BCUT2D eigenvalue weighted by atomic mass is 16.4. The number of carboxylic acids is 1. The molecule has 0 aliphatic carbocycles. The molecule has 164 valence electrons. The number of amides is 2. The minimum Gasteiger partial charge on any atom is -0.507 e. The average molecular weight is 444 g/mol. The van der Waals surface area contributed by atoms with Crippen LogP contribution in [0.1, 0.15) is 28.4 Å². The molecule has 0 unspecified atom stereocenters. The van der Waals surface area contributed by atoms with Crippen molar-refractivity contribution in [3.05, 3.63) is 65.4 Å². The van der Waals surface area contributed by atoms with Crippen molar-refractivity contribution in [1.82, 2.24) is 10.2 Å². The second kappa shape index (κ2) is 9.36. The molecule has 3 rings (SSSR count). The molecule has 0 saturated heterocycles. The molecular formula is C22H16N6O5. The molecule has 11 nitrogen and oxygen atoms in total. The van der Waals surface area contributed by atoms with Crippen LogP contribution in [-0.4, -0.2) is 43.9 Å². The van der Waals surface area contributed by atoms with E-state index in [9.17, 15) is 24.6 Å². The fourth-order valence-corrected chi connectivity index (χ4v) is 2.95. The first-order chi connectivity index (χ1) is 15.7. The van der Waals surface area contributed by atoms with Gasteiger partial charge >= 0.3 is 5.97 Å². The molecule has 0 aliphatic rings. The molecule has 3 aromatic rings. The van der Waals surface area contributed by atoms with Crippen molar-refractivity contribution in [3.8, 4) is 23.1 Å². The largest absolute Gasteiger partial charge is 0.507 e. The Morgan fingerprint density at radius 3 is 2.42 bits per heavy atom. The summed E-state index contributed by atoms with van der Waals surface area (Å²) in [4.78, 5) is 35.8. The lowest BCUT2D eigenvalue weighted by atomic mass is 10.0. The van der Waals surface area contributed by atoms with Crippen LogP contribution >= 0.6 is 0 Å². The molecule has 1 aromatic heterocycles. The van der Waals surface area contributed by atoms with Crippen LogP contribution in [0.4, 0.5) is 11.4 Å². The van der Waals surface area contributed by atoms with Gasteiger partial charge in [-0.2, -0.15) is 15.5 Å². The zero-order valence-electron chi connectivity index (χ0n) is 17.1. The Morgan fingerprint density at radius 2 is 1.82 bits per heavy atom. The first-order valence-corrected chi connectivity index (χ1v) is 9.31. The maximum atomic E-state index is 12.7. The summed E-state index contributed by atoms with van der Waals surface area (Å²) in [6.07, 6.45) is 1.45. The van der Waals surface area contributed by atoms with Gasteiger partial charge in [-0.3, -0.25) is 15.0 Å². The standard InChI is InChI=1S/C22H16N6O5/c1-11(29)26-18-8-15(19(30)9-13(18)17-3-2-6-25-28-17)20(24)21(31)27-16-5-4-12(10-23)7-14(16)22(32)33/h2-9,24,30H,1H3,(H,26,29)(H,27,31)(H,32,33). The number of aromatic hydroxyl groups is 1. The van der Waals surface area contributed by atoms with Gasteiger partial charge < -0.3 is 20.8 Å². The number of nitrogens with one attached hydrogen (secondary N) is 3. The van der Waals surface area contributed by atoms with Gasteiger partial charge in [0.1, 0.15) is 11.5 Å². The van der Waals surface area contributed by atoms with Crippen LogP contribution in [0, 0.1) is 16.7 Å². The molecule has 0 saturated carbocycles. The summed E-state index contributed by atoms with van der Waals surface area (Å²) in [6.45, 7) is 1.27. The Kier molecular flexibility index (Phi) is 6.40. The van der Waals surface area contributed by atoms with Gasteiger partial charge in [-0.15, -0.1) is 0 Å². The van der Waals surface area contributed by atoms with Crippen molar-refractivity contribution in [1.29, 1.82) is 10.7 Å². The molecule has 0 fully saturated rings. The molecule has 2 aromatic carbocycles. The van der Waals surface area contributed by atoms with Gasteiger partial charge in [0, 0.05) is 24.2 Å². The van der Waals surface area contributed by atoms with E-state index in [2.05, 4.69) is 20.8 Å². The SMILES string of the molecule is CC(=O)Nc1cc(C(=N)C(=O)Nc2ccc(C#N)cc2C(=O)O)c(O)cc1-c1cccnn1. The third kappa shape index (κ3) is 4.97. The molecule has 0 aliphatic heterocycles. The van der Waals surface area contributed by atoms with Gasteiger partial charge in [0.05, 0.1) is 34.3 Å². The summed E-state index contributed by atoms with van der Waals surface area (Å²) in [5.41, 5.74) is -0.461. The van der Waals surface area contributed by atoms with E-state index >= 15 is 0 Å². The van der Waals surface area contributed by atoms with Crippen molar-refractivity contribution < 1.29 is 24.6 Å². The predicted octanol–water partition coefficient (Wildman–Crippen LogP) is 2.38. The van der Waals surface area contributed by atoms with Crippen molar-refractivity contribution in [2.75, 3.05) is 10.6 Å². The minimum absolute atomic E-state index is 0.0812. The second-order valence-electron chi connectivity index (χ2n) is 6.71. The van der Waals surface area contributed by atoms with E-state index in [-0.39, 0.29) is 28.1 Å². The van der Waals surface area contributed by atoms with Crippen LogP contribution in [0.15, 0.2) is 48.7 Å². The number of phenolic OH excluding ortho intramolecular Hbond substituents is 1. The normalized spacial score (nSPS) is 10.1. The number of carbonyl (C=O) groups excluding carboxylic acids is 2. The topological polar surface area (TPSA) is 189 Å². The van der Waals surface area contributed by atoms with E-state index in [0.717, 1.165) is 6.07 Å². The lowest BCUT2D eigenvalue weighted by Crippen LogP contribution is -2.24. The number of aromatic nitrogens is 2. The molecule has 0 bridgehead atoms. The molecule has 2 amide bonds. The first-order valence-electron chi connectivity index (χ1n) is 9.31. The maximum absolute atomic E-state index is 12.7. The number of nitriles is 1. The van der Waals surface area contributed by atoms with E-state index < -0.39 is 29.2 Å². The number of rotatable bonds is 6. The van der Waals surface area contributed by atoms with E-state index in [1.54, 1.807) is 18.2 Å². The number of hydrogen-bond acceptors (Lipinski definition) is 8. The summed E-state index contributed by atoms with van der Waals surface area (Å²) >= 11 is 0. The monoisotopic (exact) mass is 444 g/mol. The number of benzene rings is 2. The van der Waals surface area contributed by atoms with Gasteiger partial charge in [0.15, 0.2) is 0 Å². The number of nitrogens with zero attached hydrogens (tertiary/aromatic N) is 3. The molecule has 0 radical (unpaired) electrons. The number of hydrogen-bond donors (Lipinski definition) is 5. The maximum Gasteiger partial charge on any atom is 0.337 e. The number of carbonyl (C=O) groups is 3. The Balaban J connectivity index is 1.99. The highest BCUT2D eigenvalue weighted by molar-refractivity contribution is 6.48. The number of anilines is 2. The van der Waals surface area contributed by atoms with Crippen LogP contribution in [0.25, 0.3) is 11.3 Å². The Bertz CT molecular complexity index is 1330. The average Bonchev–Trinajstić information content (AvgIpc) is 2.79. The Labute approximate surface area is 186 Å². The molecule has 0 atom stereocenters. The summed E-state index contributed by atoms with van der Waals surface area (Å²) < 4.78 is 0. The van der Waals surface area contributed by atoms with E-state index in [1.165, 1.54) is 37.4 Å². The molecule has 0 spiro atoms. The number of carboxylic acid groups (broad SMARTS) is 1. The Morgan fingerprint density at radius 1 is 1.06 bits per heavy atom. The number of aromatic carboxylic acids is 1. The smallest absolute Gasteiger partial charge is 0.337 e. The zero-order valence-corrected chi connectivity index (χ0v) is 17.1. The van der Waals surface area contributed by atoms with E-state index in [1.807, 2.05) is 0 Å². The summed E-state index contributed by atoms with van der Waals surface area (Å²) in [5, 5.41) is 49.6. The Hall–Kier alpha value is -5.11. The third-order valence-electron chi connectivity index (χ3n) is 4.42. The third-order valence-corrected chi connectivity index (χ3v) is 4.42. The quantitative estimate of drug-likeness (QED) is 0.283. The minimum atomic E-state index is -1.38. The predicted molar refractivity (Wildman–Crippen MR) is 117 cm³/mol. The summed E-state index contributed by atoms with van der Waals surface area (Å²) in [5.74, 6) is -3.27. The van der Waals surface area contributed by atoms with Crippen LogP contribution in [-0.2, 0) is 9.59 Å². The van der Waals surface area contributed by atoms with Gasteiger partial charge in [-0.25, -0.2) is 4.79 Å². The van der Waals surface area contributed by atoms with Crippen LogP contribution < -0.4 is 10.6 Å². The lowest BCUT2D eigenvalue weighted by molar-refractivity contribution is -0.114.